The van der Waals surface area contributed by atoms with E-state index < -0.39 is 0 Å². The van der Waals surface area contributed by atoms with Gasteiger partial charge in [0, 0.05) is 6.54 Å². The van der Waals surface area contributed by atoms with E-state index in [4.69, 9.17) is 0 Å². The van der Waals surface area contributed by atoms with E-state index in [0.717, 1.165) is 17.4 Å². The first-order valence-corrected chi connectivity index (χ1v) is 6.62. The molecule has 0 bridgehead atoms. The number of aromatic nitrogens is 2. The first-order valence-electron chi connectivity index (χ1n) is 5.40. The van der Waals surface area contributed by atoms with Gasteiger partial charge >= 0.3 is 0 Å². The second-order valence-electron chi connectivity index (χ2n) is 4.17. The van der Waals surface area contributed by atoms with Gasteiger partial charge in [-0.05, 0) is 43.1 Å². The van der Waals surface area contributed by atoms with Crippen molar-refractivity contribution in [3.05, 3.63) is 12.1 Å². The van der Waals surface area contributed by atoms with Crippen molar-refractivity contribution in [2.45, 2.75) is 31.2 Å². The van der Waals surface area contributed by atoms with Crippen LogP contribution < -0.4 is 5.32 Å². The van der Waals surface area contributed by atoms with Crippen molar-refractivity contribution in [1.29, 1.82) is 0 Å². The van der Waals surface area contributed by atoms with E-state index >= 15 is 0 Å². The fourth-order valence-electron chi connectivity index (χ4n) is 1.63. The third-order valence-electron chi connectivity index (χ3n) is 3.20. The Labute approximate surface area is 95.1 Å². The number of rotatable bonds is 5. The van der Waals surface area contributed by atoms with Crippen LogP contribution >= 0.6 is 11.8 Å². The van der Waals surface area contributed by atoms with Gasteiger partial charge in [0.2, 0.25) is 0 Å². The summed E-state index contributed by atoms with van der Waals surface area (Å²) in [6.45, 7) is 3.30. The number of nitrogens with zero attached hydrogens (tertiary/aromatic N) is 2. The average Bonchev–Trinajstić information content (AvgIpc) is 3.08. The van der Waals surface area contributed by atoms with Crippen molar-refractivity contribution in [2.24, 2.45) is 5.41 Å². The molecule has 0 aromatic carbocycles. The van der Waals surface area contributed by atoms with Gasteiger partial charge in [0.1, 0.15) is 10.8 Å². The van der Waals surface area contributed by atoms with E-state index in [1.54, 1.807) is 11.8 Å². The Bertz CT molecular complexity index is 319. The van der Waals surface area contributed by atoms with Crippen molar-refractivity contribution >= 4 is 17.6 Å². The maximum absolute atomic E-state index is 4.13. The number of nitrogens with one attached hydrogen (secondary N) is 1. The molecular weight excluding hydrogens is 206 g/mol. The lowest BCUT2D eigenvalue weighted by Gasteiger charge is -2.13. The fraction of sp³-hybridized carbons (Fsp3) is 0.636. The first kappa shape index (κ1) is 10.7. The Morgan fingerprint density at radius 1 is 1.40 bits per heavy atom. The summed E-state index contributed by atoms with van der Waals surface area (Å²) in [4.78, 5) is 0. The van der Waals surface area contributed by atoms with Gasteiger partial charge in [-0.3, -0.25) is 0 Å². The lowest BCUT2D eigenvalue weighted by Crippen LogP contribution is -2.15. The van der Waals surface area contributed by atoms with Crippen LogP contribution in [0.2, 0.25) is 0 Å². The van der Waals surface area contributed by atoms with E-state index in [1.807, 2.05) is 18.4 Å². The van der Waals surface area contributed by atoms with Gasteiger partial charge in [-0.15, -0.1) is 22.0 Å². The topological polar surface area (TPSA) is 37.8 Å². The second-order valence-corrected chi connectivity index (χ2v) is 4.99. The van der Waals surface area contributed by atoms with Crippen LogP contribution in [0.3, 0.4) is 0 Å². The number of hydrogen-bond acceptors (Lipinski definition) is 4. The molecule has 0 unspecified atom stereocenters. The van der Waals surface area contributed by atoms with Crippen LogP contribution in [0.5, 0.6) is 0 Å². The molecule has 0 amide bonds. The molecule has 2 rings (SSSR count). The molecule has 4 heteroatoms. The maximum Gasteiger partial charge on any atom is 0.148 e. The summed E-state index contributed by atoms with van der Waals surface area (Å²) in [5.41, 5.74) is 0.555. The smallest absolute Gasteiger partial charge is 0.148 e. The molecule has 1 aliphatic carbocycles. The highest BCUT2D eigenvalue weighted by Gasteiger charge is 2.40. The molecule has 0 spiro atoms. The van der Waals surface area contributed by atoms with Crippen molar-refractivity contribution in [3.8, 4) is 0 Å². The third kappa shape index (κ3) is 2.62. The Kier molecular flexibility index (Phi) is 3.14. The first-order chi connectivity index (χ1) is 7.28. The van der Waals surface area contributed by atoms with Gasteiger partial charge < -0.3 is 5.32 Å². The molecule has 1 heterocycles. The summed E-state index contributed by atoms with van der Waals surface area (Å²) in [6, 6.07) is 4.01. The average molecular weight is 223 g/mol. The number of hydrogen-bond donors (Lipinski definition) is 1. The SMILES string of the molecule is CCC1(CNc2ccc(SC)nn2)CC1. The molecular formula is C11H17N3S. The van der Waals surface area contributed by atoms with E-state index in [-0.39, 0.29) is 0 Å². The van der Waals surface area contributed by atoms with Gasteiger partial charge in [0.25, 0.3) is 0 Å². The highest BCUT2D eigenvalue weighted by molar-refractivity contribution is 7.98. The van der Waals surface area contributed by atoms with Crippen LogP contribution in [0.15, 0.2) is 17.2 Å². The monoisotopic (exact) mass is 223 g/mol. The molecule has 0 saturated heterocycles. The van der Waals surface area contributed by atoms with Crippen LogP contribution in [-0.4, -0.2) is 23.0 Å². The molecule has 1 aliphatic rings. The van der Waals surface area contributed by atoms with Crippen LogP contribution in [0.4, 0.5) is 5.82 Å². The molecule has 1 aromatic rings. The van der Waals surface area contributed by atoms with Gasteiger partial charge in [-0.1, -0.05) is 6.92 Å². The molecule has 1 saturated carbocycles. The minimum absolute atomic E-state index is 0.555. The van der Waals surface area contributed by atoms with Crippen molar-refractivity contribution in [2.75, 3.05) is 18.1 Å². The highest BCUT2D eigenvalue weighted by Crippen LogP contribution is 2.48. The zero-order valence-electron chi connectivity index (χ0n) is 9.29. The van der Waals surface area contributed by atoms with Gasteiger partial charge in [0.15, 0.2) is 0 Å². The fourth-order valence-corrected chi connectivity index (χ4v) is 1.96. The number of anilines is 1. The Hall–Kier alpha value is -0.770. The number of thioether (sulfide) groups is 1. The van der Waals surface area contributed by atoms with E-state index in [2.05, 4.69) is 22.4 Å². The summed E-state index contributed by atoms with van der Waals surface area (Å²) < 4.78 is 0. The lowest BCUT2D eigenvalue weighted by atomic mass is 10.0. The predicted molar refractivity (Wildman–Crippen MR) is 64.3 cm³/mol. The van der Waals surface area contributed by atoms with E-state index in [9.17, 15) is 0 Å². The minimum atomic E-state index is 0.555. The summed E-state index contributed by atoms with van der Waals surface area (Å²) in [5, 5.41) is 12.6. The third-order valence-corrected chi connectivity index (χ3v) is 3.84. The largest absolute Gasteiger partial charge is 0.368 e. The van der Waals surface area contributed by atoms with Crippen LogP contribution in [0.25, 0.3) is 0 Å². The van der Waals surface area contributed by atoms with Crippen LogP contribution in [0.1, 0.15) is 26.2 Å². The zero-order valence-corrected chi connectivity index (χ0v) is 10.1. The zero-order chi connectivity index (χ0) is 10.7. The van der Waals surface area contributed by atoms with Crippen molar-refractivity contribution < 1.29 is 0 Å². The molecule has 82 valence electrons. The van der Waals surface area contributed by atoms with Crippen molar-refractivity contribution in [3.63, 3.8) is 0 Å². The van der Waals surface area contributed by atoms with Crippen LogP contribution in [0, 0.1) is 5.41 Å². The normalized spacial score (nSPS) is 17.5. The maximum atomic E-state index is 4.13. The summed E-state index contributed by atoms with van der Waals surface area (Å²) in [5.74, 6) is 0.896. The molecule has 0 atom stereocenters. The predicted octanol–water partition coefficient (Wildman–Crippen LogP) is 2.80. The van der Waals surface area contributed by atoms with Gasteiger partial charge in [-0.2, -0.15) is 0 Å². The van der Waals surface area contributed by atoms with Crippen molar-refractivity contribution in [1.82, 2.24) is 10.2 Å². The Balaban J connectivity index is 1.88. The Morgan fingerprint density at radius 3 is 2.67 bits per heavy atom. The Morgan fingerprint density at radius 2 is 2.20 bits per heavy atom. The lowest BCUT2D eigenvalue weighted by molar-refractivity contribution is 0.520. The molecule has 15 heavy (non-hydrogen) atoms. The second kappa shape index (κ2) is 4.39. The molecule has 3 nitrogen and oxygen atoms in total. The quantitative estimate of drug-likeness (QED) is 0.779. The summed E-state index contributed by atoms with van der Waals surface area (Å²) >= 11 is 1.62. The summed E-state index contributed by atoms with van der Waals surface area (Å²) in [7, 11) is 0. The standard InChI is InChI=1S/C11H17N3S/c1-3-11(6-7-11)8-12-9-4-5-10(15-2)14-13-9/h4-5H,3,6-8H2,1-2H3,(H,12,13). The minimum Gasteiger partial charge on any atom is -0.368 e. The summed E-state index contributed by atoms with van der Waals surface area (Å²) in [6.07, 6.45) is 5.98. The van der Waals surface area contributed by atoms with Crippen LogP contribution in [-0.2, 0) is 0 Å². The van der Waals surface area contributed by atoms with Gasteiger partial charge in [-0.25, -0.2) is 0 Å². The van der Waals surface area contributed by atoms with Gasteiger partial charge in [0.05, 0.1) is 0 Å². The van der Waals surface area contributed by atoms with E-state index in [1.165, 1.54) is 19.3 Å². The molecule has 1 N–H and O–H groups in total. The molecule has 0 radical (unpaired) electrons. The molecule has 1 fully saturated rings. The van der Waals surface area contributed by atoms with E-state index in [0.29, 0.717) is 5.41 Å². The highest BCUT2D eigenvalue weighted by atomic mass is 32.2. The molecule has 0 aliphatic heterocycles. The molecule has 1 aromatic heterocycles.